The molecule has 226 valence electrons. The third-order valence-corrected chi connectivity index (χ3v) is 15.1. The standard InChI is InChI=1S/C38H50INO2/c1-9-38(39-41-33(36(3,4)5)24-34(42-39)37(6,7)8)20-19-28-22-26-14-11-10-13-25(2)21-27-15-12-16-31-29(27)17-18-32(40-31)30(23-26)35(28)38/h12,15-18,22-25,33H,9-11,13-14,19-21H2,1-8H3/t25?,33?,38-/m1/s1. The van der Waals surface area contributed by atoms with Crippen molar-refractivity contribution < 1.29 is 6.13 Å². The molecule has 3 atom stereocenters. The van der Waals surface area contributed by atoms with Gasteiger partial charge in [0.1, 0.15) is 0 Å². The van der Waals surface area contributed by atoms with Gasteiger partial charge in [-0.1, -0.05) is 0 Å². The van der Waals surface area contributed by atoms with Crippen molar-refractivity contribution in [1.29, 1.82) is 0 Å². The SMILES string of the molecule is CC[C@@]1(I2OC(C(C)(C)C)=CC(C(C)(C)C)O2)CCc2cc3cc(c21)-c1ccc2c(cccc2n1)CC(C)CCCC3. The second kappa shape index (κ2) is 11.2. The molecule has 0 amide bonds. The summed E-state index contributed by atoms with van der Waals surface area (Å²) in [5, 5.41) is 1.31. The van der Waals surface area contributed by atoms with Crippen LogP contribution in [0.1, 0.15) is 110 Å². The molecule has 6 bridgehead atoms. The summed E-state index contributed by atoms with van der Waals surface area (Å²) in [5.74, 6) is 1.81. The summed E-state index contributed by atoms with van der Waals surface area (Å²) >= 11 is -2.45. The van der Waals surface area contributed by atoms with Gasteiger partial charge in [-0.2, -0.15) is 0 Å². The van der Waals surface area contributed by atoms with Crippen molar-refractivity contribution in [1.82, 2.24) is 4.98 Å². The molecule has 3 nitrogen and oxygen atoms in total. The molecule has 0 saturated carbocycles. The van der Waals surface area contributed by atoms with Crippen LogP contribution in [0.2, 0.25) is 0 Å². The number of aryl methyl sites for hydroxylation is 2. The van der Waals surface area contributed by atoms with Crippen LogP contribution in [0.3, 0.4) is 0 Å². The summed E-state index contributed by atoms with van der Waals surface area (Å²) in [6, 6.07) is 16.4. The predicted octanol–water partition coefficient (Wildman–Crippen LogP) is 11.1. The molecule has 0 spiro atoms. The molecule has 1 aromatic heterocycles. The molecule has 4 aliphatic rings. The topological polar surface area (TPSA) is 31.4 Å². The monoisotopic (exact) mass is 679 g/mol. The Morgan fingerprint density at radius 1 is 0.976 bits per heavy atom. The Morgan fingerprint density at radius 2 is 1.79 bits per heavy atom. The van der Waals surface area contributed by atoms with Crippen LogP contribution in [0.15, 0.2) is 54.3 Å². The van der Waals surface area contributed by atoms with Crippen molar-refractivity contribution in [2.45, 2.75) is 116 Å². The molecule has 3 aromatic rings. The Kier molecular flexibility index (Phi) is 8.04. The van der Waals surface area contributed by atoms with Crippen molar-refractivity contribution in [2.24, 2.45) is 16.7 Å². The Morgan fingerprint density at radius 3 is 2.52 bits per heavy atom. The molecule has 4 heteroatoms. The van der Waals surface area contributed by atoms with Crippen molar-refractivity contribution >= 4 is 31.6 Å². The van der Waals surface area contributed by atoms with E-state index >= 15 is 0 Å². The number of halogens is 1. The van der Waals surface area contributed by atoms with Crippen LogP contribution in [0.4, 0.5) is 0 Å². The van der Waals surface area contributed by atoms with Crippen molar-refractivity contribution in [3.8, 4) is 11.3 Å². The summed E-state index contributed by atoms with van der Waals surface area (Å²) in [5.41, 5.74) is 9.39. The second-order valence-corrected chi connectivity index (χ2v) is 19.4. The van der Waals surface area contributed by atoms with Gasteiger partial charge in [-0.15, -0.1) is 0 Å². The second-order valence-electron chi connectivity index (χ2n) is 15.2. The number of aromatic nitrogens is 1. The van der Waals surface area contributed by atoms with Gasteiger partial charge in [0.25, 0.3) is 0 Å². The van der Waals surface area contributed by atoms with Crippen LogP contribution < -0.4 is 0 Å². The minimum atomic E-state index is -2.45. The zero-order valence-corrected chi connectivity index (χ0v) is 29.2. The van der Waals surface area contributed by atoms with Crippen LogP contribution in [-0.4, -0.2) is 11.1 Å². The third kappa shape index (κ3) is 5.56. The van der Waals surface area contributed by atoms with Crippen molar-refractivity contribution in [3.05, 3.63) is 76.6 Å². The number of benzene rings is 2. The molecule has 2 unspecified atom stereocenters. The fraction of sp³-hybridized carbons (Fsp3) is 0.553. The maximum absolute atomic E-state index is 7.15. The summed E-state index contributed by atoms with van der Waals surface area (Å²) in [4.78, 5) is 5.39. The summed E-state index contributed by atoms with van der Waals surface area (Å²) in [7, 11) is 0. The first-order chi connectivity index (χ1) is 19.9. The number of nitrogens with zero attached hydrogens (tertiary/aromatic N) is 1. The molecule has 2 aliphatic heterocycles. The van der Waals surface area contributed by atoms with Crippen LogP contribution >= 0.6 is 20.6 Å². The number of allylic oxidation sites excluding steroid dienone is 1. The Labute approximate surface area is 262 Å². The summed E-state index contributed by atoms with van der Waals surface area (Å²) in [6.45, 7) is 18.5. The average molecular weight is 680 g/mol. The first-order valence-corrected chi connectivity index (χ1v) is 19.1. The molecule has 0 fully saturated rings. The zero-order chi connectivity index (χ0) is 29.9. The van der Waals surface area contributed by atoms with Crippen LogP contribution in [0, 0.1) is 16.7 Å². The number of hydrogen-bond acceptors (Lipinski definition) is 3. The van der Waals surface area contributed by atoms with E-state index in [-0.39, 0.29) is 20.4 Å². The van der Waals surface area contributed by atoms with Gasteiger partial charge in [-0.05, 0) is 0 Å². The number of alkyl halides is 1. The number of fused-ring (bicyclic) bond motifs is 7. The third-order valence-electron chi connectivity index (χ3n) is 9.68. The molecular formula is C38H50INO2. The Balaban J connectivity index is 1.53. The van der Waals surface area contributed by atoms with Gasteiger partial charge in [0.15, 0.2) is 0 Å². The van der Waals surface area contributed by atoms with Gasteiger partial charge in [-0.25, -0.2) is 0 Å². The van der Waals surface area contributed by atoms with E-state index in [1.165, 1.54) is 52.5 Å². The quantitative estimate of drug-likeness (QED) is 0.200. The van der Waals surface area contributed by atoms with Crippen molar-refractivity contribution in [2.75, 3.05) is 0 Å². The van der Waals surface area contributed by atoms with E-state index < -0.39 is 20.6 Å². The minimum absolute atomic E-state index is 0.0130. The van der Waals surface area contributed by atoms with Crippen LogP contribution in [-0.2, 0) is 28.8 Å². The van der Waals surface area contributed by atoms with E-state index in [2.05, 4.69) is 104 Å². The molecule has 0 saturated heterocycles. The molecule has 0 N–H and O–H groups in total. The Hall–Kier alpha value is -1.92. The average Bonchev–Trinajstić information content (AvgIpc) is 3.33. The molecule has 0 radical (unpaired) electrons. The first kappa shape index (κ1) is 30.1. The molecule has 3 heterocycles. The summed E-state index contributed by atoms with van der Waals surface area (Å²) < 4.78 is 14.2. The van der Waals surface area contributed by atoms with E-state index in [1.807, 2.05) is 0 Å². The molecule has 2 aromatic carbocycles. The van der Waals surface area contributed by atoms with E-state index in [1.54, 1.807) is 0 Å². The van der Waals surface area contributed by atoms with Gasteiger partial charge in [0.05, 0.1) is 0 Å². The number of pyridine rings is 1. The molecular weight excluding hydrogens is 629 g/mol. The van der Waals surface area contributed by atoms with E-state index in [4.69, 9.17) is 11.1 Å². The van der Waals surface area contributed by atoms with Crippen LogP contribution in [0.25, 0.3) is 22.2 Å². The van der Waals surface area contributed by atoms with Gasteiger partial charge in [-0.3, -0.25) is 0 Å². The normalized spacial score (nSPS) is 25.7. The predicted molar refractivity (Wildman–Crippen MR) is 185 cm³/mol. The molecule has 2 aliphatic carbocycles. The van der Waals surface area contributed by atoms with E-state index in [9.17, 15) is 0 Å². The van der Waals surface area contributed by atoms with Gasteiger partial charge in [0, 0.05) is 0 Å². The maximum atomic E-state index is 7.15. The van der Waals surface area contributed by atoms with Crippen molar-refractivity contribution in [3.63, 3.8) is 0 Å². The van der Waals surface area contributed by atoms with Gasteiger partial charge >= 0.3 is 264 Å². The van der Waals surface area contributed by atoms with Gasteiger partial charge in [0.2, 0.25) is 0 Å². The molecule has 42 heavy (non-hydrogen) atoms. The fourth-order valence-corrected chi connectivity index (χ4v) is 13.1. The number of rotatable bonds is 2. The van der Waals surface area contributed by atoms with E-state index in [0.717, 1.165) is 49.1 Å². The number of hydrogen-bond donors (Lipinski definition) is 0. The summed E-state index contributed by atoms with van der Waals surface area (Å²) in [6.07, 6.45) is 11.6. The zero-order valence-electron chi connectivity index (χ0n) is 27.1. The van der Waals surface area contributed by atoms with E-state index in [0.29, 0.717) is 5.92 Å². The van der Waals surface area contributed by atoms with Crippen LogP contribution in [0.5, 0.6) is 0 Å². The first-order valence-electron chi connectivity index (χ1n) is 16.2. The fourth-order valence-electron chi connectivity index (χ4n) is 7.04. The Bertz CT molecular complexity index is 1510. The van der Waals surface area contributed by atoms with Gasteiger partial charge < -0.3 is 0 Å². The molecule has 7 rings (SSSR count).